The lowest BCUT2D eigenvalue weighted by Crippen LogP contribution is -2.43. The summed E-state index contributed by atoms with van der Waals surface area (Å²) in [5.41, 5.74) is 6.33. The molecule has 0 saturated heterocycles. The summed E-state index contributed by atoms with van der Waals surface area (Å²) in [4.78, 5) is 2.62. The van der Waals surface area contributed by atoms with Crippen molar-refractivity contribution in [2.24, 2.45) is 0 Å². The van der Waals surface area contributed by atoms with E-state index in [0.717, 1.165) is 60.3 Å². The highest BCUT2D eigenvalue weighted by atomic mass is 16.5. The molecule has 0 fully saturated rings. The smallest absolute Gasteiger partial charge is 0.161 e. The summed E-state index contributed by atoms with van der Waals surface area (Å²) in [6.07, 6.45) is 2.64. The van der Waals surface area contributed by atoms with E-state index in [1.54, 1.807) is 42.7 Å². The highest BCUT2D eigenvalue weighted by Gasteiger charge is 2.39. The topological polar surface area (TPSA) is 58.6 Å². The van der Waals surface area contributed by atoms with E-state index in [2.05, 4.69) is 41.3 Å². The molecule has 7 nitrogen and oxygen atoms in total. The number of methoxy groups -OCH3 is 6. The van der Waals surface area contributed by atoms with Crippen LogP contribution in [0.1, 0.15) is 39.9 Å². The minimum atomic E-state index is 0.146. The lowest BCUT2D eigenvalue weighted by atomic mass is 9.79. The van der Waals surface area contributed by atoms with Crippen molar-refractivity contribution >= 4 is 0 Å². The molecule has 2 atom stereocenters. The fourth-order valence-electron chi connectivity index (χ4n) is 5.92. The Bertz CT molecular complexity index is 1290. The predicted octanol–water partition coefficient (Wildman–Crippen LogP) is 5.18. The minimum Gasteiger partial charge on any atom is -0.493 e. The Labute approximate surface area is 218 Å². The third-order valence-corrected chi connectivity index (χ3v) is 7.74. The Hall–Kier alpha value is -3.58. The number of ether oxygens (including phenoxy) is 6. The maximum Gasteiger partial charge on any atom is 0.161 e. The zero-order valence-electron chi connectivity index (χ0n) is 22.4. The average molecular weight is 506 g/mol. The van der Waals surface area contributed by atoms with Gasteiger partial charge in [-0.05, 0) is 83.5 Å². The van der Waals surface area contributed by atoms with Gasteiger partial charge in [-0.3, -0.25) is 4.90 Å². The first-order valence-corrected chi connectivity index (χ1v) is 12.5. The highest BCUT2D eigenvalue weighted by Crippen LogP contribution is 2.49. The molecule has 0 aromatic heterocycles. The van der Waals surface area contributed by atoms with E-state index < -0.39 is 0 Å². The van der Waals surface area contributed by atoms with Gasteiger partial charge >= 0.3 is 0 Å². The first-order chi connectivity index (χ1) is 18.0. The van der Waals surface area contributed by atoms with Crippen molar-refractivity contribution in [2.45, 2.75) is 31.3 Å². The summed E-state index contributed by atoms with van der Waals surface area (Å²) in [5.74, 6) is 4.51. The zero-order valence-corrected chi connectivity index (χ0v) is 22.4. The second-order valence-electron chi connectivity index (χ2n) is 9.43. The summed E-state index contributed by atoms with van der Waals surface area (Å²) in [7, 11) is 10.1. The molecule has 3 aromatic carbocycles. The highest BCUT2D eigenvalue weighted by molar-refractivity contribution is 5.54. The monoisotopic (exact) mass is 505 g/mol. The first kappa shape index (κ1) is 25.1. The van der Waals surface area contributed by atoms with E-state index in [0.29, 0.717) is 0 Å². The number of benzene rings is 3. The Morgan fingerprint density at radius 1 is 0.622 bits per heavy atom. The van der Waals surface area contributed by atoms with Gasteiger partial charge in [0.2, 0.25) is 0 Å². The number of rotatable bonds is 8. The van der Waals surface area contributed by atoms with Crippen LogP contribution in [0.15, 0.2) is 42.5 Å². The van der Waals surface area contributed by atoms with Crippen molar-refractivity contribution in [3.05, 3.63) is 70.3 Å². The Balaban J connectivity index is 1.62. The van der Waals surface area contributed by atoms with Gasteiger partial charge in [0.25, 0.3) is 0 Å². The molecule has 0 saturated carbocycles. The van der Waals surface area contributed by atoms with Crippen LogP contribution in [-0.4, -0.2) is 54.1 Å². The van der Waals surface area contributed by atoms with Crippen molar-refractivity contribution in [3.63, 3.8) is 0 Å². The largest absolute Gasteiger partial charge is 0.493 e. The van der Waals surface area contributed by atoms with Crippen molar-refractivity contribution in [2.75, 3.05) is 49.2 Å². The molecule has 37 heavy (non-hydrogen) atoms. The fourth-order valence-corrected chi connectivity index (χ4v) is 5.92. The van der Waals surface area contributed by atoms with Gasteiger partial charge in [0.1, 0.15) is 0 Å². The molecular weight excluding hydrogens is 470 g/mol. The zero-order chi connectivity index (χ0) is 26.1. The molecule has 196 valence electrons. The summed E-state index contributed by atoms with van der Waals surface area (Å²) in [6.45, 7) is 0.943. The maximum atomic E-state index is 5.71. The average Bonchev–Trinajstić information content (AvgIpc) is 2.95. The first-order valence-electron chi connectivity index (χ1n) is 12.5. The van der Waals surface area contributed by atoms with Crippen LogP contribution in [0.25, 0.3) is 0 Å². The van der Waals surface area contributed by atoms with E-state index >= 15 is 0 Å². The van der Waals surface area contributed by atoms with E-state index in [4.69, 9.17) is 28.4 Å². The molecule has 0 amide bonds. The molecule has 2 aliphatic rings. The van der Waals surface area contributed by atoms with Crippen molar-refractivity contribution in [3.8, 4) is 34.5 Å². The second kappa shape index (κ2) is 10.4. The molecule has 3 aromatic rings. The van der Waals surface area contributed by atoms with Crippen LogP contribution >= 0.6 is 0 Å². The standard InChI is InChI=1S/C30H35NO6/c1-32-25-8-7-18(12-26(25)33-2)11-23-22-17-30(37-6)28(35-4)15-20(22)13-24-21-16-29(36-5)27(34-3)14-19(21)9-10-31(23)24/h7-8,12,14-17,23-24H,9-11,13H2,1-6H3/t23-,24+/m0/s1. The van der Waals surface area contributed by atoms with Crippen LogP contribution in [0.3, 0.4) is 0 Å². The van der Waals surface area contributed by atoms with Gasteiger partial charge in [-0.2, -0.15) is 0 Å². The summed E-state index contributed by atoms with van der Waals surface area (Å²) >= 11 is 0. The van der Waals surface area contributed by atoms with Gasteiger partial charge in [0.15, 0.2) is 34.5 Å². The molecule has 0 N–H and O–H groups in total. The van der Waals surface area contributed by atoms with Gasteiger partial charge in [-0.1, -0.05) is 6.07 Å². The van der Waals surface area contributed by atoms with Crippen molar-refractivity contribution in [1.29, 1.82) is 0 Å². The molecule has 2 aliphatic heterocycles. The molecule has 0 aliphatic carbocycles. The number of hydrogen-bond acceptors (Lipinski definition) is 7. The lowest BCUT2D eigenvalue weighted by molar-refractivity contribution is 0.106. The van der Waals surface area contributed by atoms with Gasteiger partial charge < -0.3 is 28.4 Å². The third-order valence-electron chi connectivity index (χ3n) is 7.74. The lowest BCUT2D eigenvalue weighted by Gasteiger charge is -2.47. The third kappa shape index (κ3) is 4.42. The Morgan fingerprint density at radius 3 is 1.78 bits per heavy atom. The van der Waals surface area contributed by atoms with Crippen LogP contribution in [-0.2, 0) is 19.3 Å². The van der Waals surface area contributed by atoms with Gasteiger partial charge in [-0.15, -0.1) is 0 Å². The van der Waals surface area contributed by atoms with E-state index in [1.807, 2.05) is 6.07 Å². The van der Waals surface area contributed by atoms with Crippen LogP contribution < -0.4 is 28.4 Å². The van der Waals surface area contributed by atoms with E-state index in [9.17, 15) is 0 Å². The number of hydrogen-bond donors (Lipinski definition) is 0. The normalized spacial score (nSPS) is 18.2. The SMILES string of the molecule is COc1ccc(C[C@H]2c3cc(OC)c(OC)cc3C[C@@H]3c4cc(OC)c(OC)cc4CCN32)cc1OC. The van der Waals surface area contributed by atoms with Gasteiger partial charge in [-0.25, -0.2) is 0 Å². The van der Waals surface area contributed by atoms with Gasteiger partial charge in [0.05, 0.1) is 42.7 Å². The summed E-state index contributed by atoms with van der Waals surface area (Å²) in [6, 6.07) is 15.1. The molecule has 2 heterocycles. The summed E-state index contributed by atoms with van der Waals surface area (Å²) < 4.78 is 33.7. The Morgan fingerprint density at radius 2 is 1.16 bits per heavy atom. The molecule has 0 spiro atoms. The Kier molecular flexibility index (Phi) is 7.07. The molecule has 5 rings (SSSR count). The van der Waals surface area contributed by atoms with Crippen LogP contribution in [0, 0.1) is 0 Å². The molecular formula is C30H35NO6. The van der Waals surface area contributed by atoms with Crippen LogP contribution in [0.2, 0.25) is 0 Å². The van der Waals surface area contributed by atoms with Gasteiger partial charge in [0, 0.05) is 18.6 Å². The number of fused-ring (bicyclic) bond motifs is 4. The maximum absolute atomic E-state index is 5.71. The van der Waals surface area contributed by atoms with Crippen LogP contribution in [0.5, 0.6) is 34.5 Å². The molecule has 0 radical (unpaired) electrons. The number of nitrogens with zero attached hydrogens (tertiary/aromatic N) is 1. The van der Waals surface area contributed by atoms with E-state index in [1.165, 1.54) is 27.8 Å². The fraction of sp³-hybridized carbons (Fsp3) is 0.400. The van der Waals surface area contributed by atoms with Crippen LogP contribution in [0.4, 0.5) is 0 Å². The quantitative estimate of drug-likeness (QED) is 0.418. The molecule has 7 heteroatoms. The molecule has 0 bridgehead atoms. The molecule has 0 unspecified atom stereocenters. The second-order valence-corrected chi connectivity index (χ2v) is 9.43. The summed E-state index contributed by atoms with van der Waals surface area (Å²) in [5, 5.41) is 0. The predicted molar refractivity (Wildman–Crippen MR) is 142 cm³/mol. The minimum absolute atomic E-state index is 0.146. The van der Waals surface area contributed by atoms with Crippen molar-refractivity contribution in [1.82, 2.24) is 4.90 Å². The van der Waals surface area contributed by atoms with E-state index in [-0.39, 0.29) is 12.1 Å². The van der Waals surface area contributed by atoms with Crippen molar-refractivity contribution < 1.29 is 28.4 Å².